The molecule has 0 radical (unpaired) electrons. The number of aromatic nitrogens is 2. The van der Waals surface area contributed by atoms with Gasteiger partial charge in [-0.25, -0.2) is 4.98 Å². The molecule has 1 aliphatic heterocycles. The van der Waals surface area contributed by atoms with Gasteiger partial charge in [-0.1, -0.05) is 11.6 Å². The third-order valence-electron chi connectivity index (χ3n) is 6.05. The van der Waals surface area contributed by atoms with Gasteiger partial charge in [0.1, 0.15) is 49.8 Å². The van der Waals surface area contributed by atoms with Crippen molar-refractivity contribution in [1.29, 1.82) is 0 Å². The highest BCUT2D eigenvalue weighted by atomic mass is 32.1. The smallest absolute Gasteiger partial charge is 0.260 e. The molecule has 0 aliphatic carbocycles. The van der Waals surface area contributed by atoms with E-state index in [2.05, 4.69) is 37.0 Å². The Bertz CT molecular complexity index is 1080. The van der Waals surface area contributed by atoms with Gasteiger partial charge in [-0.3, -0.25) is 4.79 Å². The summed E-state index contributed by atoms with van der Waals surface area (Å²) in [6, 6.07) is 6.40. The molecule has 0 atom stereocenters. The predicted octanol–water partition coefficient (Wildman–Crippen LogP) is 0.402. The molecule has 3 heterocycles. The van der Waals surface area contributed by atoms with E-state index in [9.17, 15) is 4.79 Å². The number of benzene rings is 1. The Morgan fingerprint density at radius 2 is 1.79 bits per heavy atom. The lowest BCUT2D eigenvalue weighted by Crippen LogP contribution is -3.27. The van der Waals surface area contributed by atoms with Crippen LogP contribution in [0.3, 0.4) is 0 Å². The maximum absolute atomic E-state index is 12.5. The van der Waals surface area contributed by atoms with Crippen LogP contribution in [0.1, 0.15) is 27.4 Å². The number of aromatic amines is 1. The molecular weight excluding hydrogens is 384 g/mol. The number of ether oxygens (including phenoxy) is 1. The highest BCUT2D eigenvalue weighted by molar-refractivity contribution is 7.18. The molecule has 6 nitrogen and oxygen atoms in total. The average molecular weight is 415 g/mol. The Hall–Kier alpha value is -2.22. The first kappa shape index (κ1) is 20.1. The number of nitrogens with zero attached hydrogens (tertiary/aromatic N) is 1. The number of aryl methyl sites for hydroxylation is 3. The van der Waals surface area contributed by atoms with Gasteiger partial charge in [0, 0.05) is 10.4 Å². The SMILES string of the molecule is COc1ccc(C)cc1C[NH+]1CC[NH+](Cc2nc3sc(C)c(C)c3c(=O)[nH]2)CC1. The number of nitrogens with one attached hydrogen (secondary N) is 3. The first-order chi connectivity index (χ1) is 13.9. The normalized spacial score (nSPS) is 19.6. The van der Waals surface area contributed by atoms with Crippen molar-refractivity contribution >= 4 is 21.6 Å². The van der Waals surface area contributed by atoms with Gasteiger partial charge in [-0.15, -0.1) is 11.3 Å². The Balaban J connectivity index is 1.40. The van der Waals surface area contributed by atoms with Crippen LogP contribution in [0.5, 0.6) is 5.75 Å². The minimum atomic E-state index is 0.00190. The predicted molar refractivity (Wildman–Crippen MR) is 116 cm³/mol. The summed E-state index contributed by atoms with van der Waals surface area (Å²) in [5, 5.41) is 0.757. The van der Waals surface area contributed by atoms with Crippen LogP contribution in [-0.4, -0.2) is 43.3 Å². The fraction of sp³-hybridized carbons (Fsp3) is 0.455. The number of H-pyrrole nitrogens is 1. The van der Waals surface area contributed by atoms with Crippen molar-refractivity contribution in [3.63, 3.8) is 0 Å². The van der Waals surface area contributed by atoms with Crippen molar-refractivity contribution in [1.82, 2.24) is 9.97 Å². The molecular formula is C22H30N4O2S+2. The third kappa shape index (κ3) is 4.22. The number of fused-ring (bicyclic) bond motifs is 1. The largest absolute Gasteiger partial charge is 0.496 e. The second-order valence-electron chi connectivity index (χ2n) is 8.14. The highest BCUT2D eigenvalue weighted by Crippen LogP contribution is 2.25. The lowest BCUT2D eigenvalue weighted by atomic mass is 10.1. The van der Waals surface area contributed by atoms with E-state index in [4.69, 9.17) is 9.72 Å². The minimum Gasteiger partial charge on any atom is -0.496 e. The molecule has 0 amide bonds. The summed E-state index contributed by atoms with van der Waals surface area (Å²) in [7, 11) is 1.74. The molecule has 2 aromatic heterocycles. The Labute approximate surface area is 175 Å². The number of thiophene rings is 1. The molecule has 0 bridgehead atoms. The van der Waals surface area contributed by atoms with Crippen LogP contribution in [-0.2, 0) is 13.1 Å². The molecule has 1 fully saturated rings. The van der Waals surface area contributed by atoms with Gasteiger partial charge in [0.05, 0.1) is 12.5 Å². The van der Waals surface area contributed by atoms with Gasteiger partial charge in [-0.05, 0) is 38.5 Å². The van der Waals surface area contributed by atoms with Gasteiger partial charge >= 0.3 is 0 Å². The second kappa shape index (κ2) is 8.26. The van der Waals surface area contributed by atoms with Crippen LogP contribution < -0.4 is 20.1 Å². The zero-order chi connectivity index (χ0) is 20.5. The summed E-state index contributed by atoms with van der Waals surface area (Å²) >= 11 is 1.62. The summed E-state index contributed by atoms with van der Waals surface area (Å²) in [6.07, 6.45) is 0. The molecule has 3 aromatic rings. The molecule has 4 rings (SSSR count). The van der Waals surface area contributed by atoms with Crippen molar-refractivity contribution in [2.24, 2.45) is 0 Å². The number of piperazine rings is 1. The maximum Gasteiger partial charge on any atom is 0.260 e. The zero-order valence-electron chi connectivity index (χ0n) is 17.6. The van der Waals surface area contributed by atoms with Crippen LogP contribution in [0.25, 0.3) is 10.2 Å². The summed E-state index contributed by atoms with van der Waals surface area (Å²) in [5.41, 5.74) is 3.61. The molecule has 0 saturated carbocycles. The minimum absolute atomic E-state index is 0.00190. The number of quaternary nitrogens is 2. The number of rotatable bonds is 5. The highest BCUT2D eigenvalue weighted by Gasteiger charge is 2.25. The van der Waals surface area contributed by atoms with E-state index >= 15 is 0 Å². The standard InChI is InChI=1S/C22H28N4O2S/c1-14-5-6-18(28-4)17(11-14)12-25-7-9-26(10-8-25)13-19-23-21(27)20-15(2)16(3)29-22(20)24-19/h5-6,11H,7-10,12-13H2,1-4H3,(H,23,24,27)/p+2. The fourth-order valence-electron chi connectivity index (χ4n) is 4.25. The third-order valence-corrected chi connectivity index (χ3v) is 7.15. The molecule has 3 N–H and O–H groups in total. The van der Waals surface area contributed by atoms with Crippen molar-refractivity contribution in [2.75, 3.05) is 33.3 Å². The fourth-order valence-corrected chi connectivity index (χ4v) is 5.29. The topological polar surface area (TPSA) is 63.9 Å². The van der Waals surface area contributed by atoms with Crippen molar-refractivity contribution in [3.8, 4) is 5.75 Å². The van der Waals surface area contributed by atoms with Gasteiger partial charge in [0.2, 0.25) is 0 Å². The van der Waals surface area contributed by atoms with E-state index in [1.807, 2.05) is 6.92 Å². The molecule has 0 unspecified atom stereocenters. The monoisotopic (exact) mass is 414 g/mol. The molecule has 1 saturated heterocycles. The van der Waals surface area contributed by atoms with Crippen LogP contribution in [0.4, 0.5) is 0 Å². The Morgan fingerprint density at radius 3 is 2.48 bits per heavy atom. The molecule has 1 aromatic carbocycles. The van der Waals surface area contributed by atoms with E-state index in [0.29, 0.717) is 0 Å². The average Bonchev–Trinajstić information content (AvgIpc) is 2.98. The summed E-state index contributed by atoms with van der Waals surface area (Å²) < 4.78 is 5.54. The van der Waals surface area contributed by atoms with Crippen molar-refractivity contribution in [3.05, 3.63) is 55.9 Å². The van der Waals surface area contributed by atoms with Crippen molar-refractivity contribution < 1.29 is 14.5 Å². The first-order valence-electron chi connectivity index (χ1n) is 10.2. The van der Waals surface area contributed by atoms with E-state index in [0.717, 1.165) is 66.6 Å². The second-order valence-corrected chi connectivity index (χ2v) is 9.35. The number of methoxy groups -OCH3 is 1. The van der Waals surface area contributed by atoms with Gasteiger partial charge in [0.25, 0.3) is 5.56 Å². The van der Waals surface area contributed by atoms with E-state index in [-0.39, 0.29) is 5.56 Å². The summed E-state index contributed by atoms with van der Waals surface area (Å²) in [4.78, 5) is 25.4. The number of hydrogen-bond acceptors (Lipinski definition) is 4. The Kier molecular flexibility index (Phi) is 5.72. The first-order valence-corrected chi connectivity index (χ1v) is 11.1. The van der Waals surface area contributed by atoms with Crippen molar-refractivity contribution in [2.45, 2.75) is 33.9 Å². The van der Waals surface area contributed by atoms with Crippen LogP contribution in [0.15, 0.2) is 23.0 Å². The Morgan fingerprint density at radius 1 is 1.10 bits per heavy atom. The van der Waals surface area contributed by atoms with E-state index in [1.165, 1.54) is 20.9 Å². The lowest BCUT2D eigenvalue weighted by Gasteiger charge is -2.29. The summed E-state index contributed by atoms with van der Waals surface area (Å²) in [5.74, 6) is 1.79. The van der Waals surface area contributed by atoms with Crippen LogP contribution >= 0.6 is 11.3 Å². The quantitative estimate of drug-likeness (QED) is 0.566. The zero-order valence-corrected chi connectivity index (χ0v) is 18.5. The van der Waals surface area contributed by atoms with Gasteiger partial charge in [-0.2, -0.15) is 0 Å². The van der Waals surface area contributed by atoms with Gasteiger partial charge in [0.15, 0.2) is 5.82 Å². The molecule has 29 heavy (non-hydrogen) atoms. The van der Waals surface area contributed by atoms with Crippen LogP contribution in [0.2, 0.25) is 0 Å². The number of hydrogen-bond donors (Lipinski definition) is 3. The lowest BCUT2D eigenvalue weighted by molar-refractivity contribution is -1.02. The van der Waals surface area contributed by atoms with Gasteiger partial charge < -0.3 is 19.5 Å². The summed E-state index contributed by atoms with van der Waals surface area (Å²) in [6.45, 7) is 12.3. The van der Waals surface area contributed by atoms with Crippen LogP contribution in [0, 0.1) is 20.8 Å². The molecule has 1 aliphatic rings. The van der Waals surface area contributed by atoms with E-state index < -0.39 is 0 Å². The maximum atomic E-state index is 12.5. The molecule has 154 valence electrons. The molecule has 7 heteroatoms. The molecule has 0 spiro atoms. The van der Waals surface area contributed by atoms with E-state index in [1.54, 1.807) is 23.3 Å².